The van der Waals surface area contributed by atoms with E-state index < -0.39 is 5.97 Å². The van der Waals surface area contributed by atoms with Gasteiger partial charge in [0.15, 0.2) is 0 Å². The molecule has 0 radical (unpaired) electrons. The van der Waals surface area contributed by atoms with Gasteiger partial charge >= 0.3 is 35.5 Å². The number of hydrogen-bond acceptors (Lipinski definition) is 2. The molecule has 1 heterocycles. The molecule has 3 nitrogen and oxygen atoms in total. The second kappa shape index (κ2) is 22.5. The molecule has 4 heteroatoms. The van der Waals surface area contributed by atoms with E-state index in [2.05, 4.69) is 19.2 Å². The molecule has 0 amide bonds. The summed E-state index contributed by atoms with van der Waals surface area (Å²) in [6.07, 6.45) is 21.6. The van der Waals surface area contributed by atoms with Crippen molar-refractivity contribution in [2.45, 2.75) is 116 Å². The fourth-order valence-corrected chi connectivity index (χ4v) is 3.09. The molecule has 25 heavy (non-hydrogen) atoms. The molecule has 1 aliphatic heterocycles. The van der Waals surface area contributed by atoms with Gasteiger partial charge in [-0.25, -0.2) is 0 Å². The molecule has 144 valence electrons. The number of carboxylic acid groups (broad SMARTS) is 1. The molecule has 0 aliphatic carbocycles. The zero-order chi connectivity index (χ0) is 17.9. The van der Waals surface area contributed by atoms with Crippen molar-refractivity contribution in [3.63, 3.8) is 0 Å². The van der Waals surface area contributed by atoms with Gasteiger partial charge in [0.05, 0.1) is 0 Å². The third kappa shape index (κ3) is 20.6. The Kier molecular flexibility index (Phi) is 24.9. The van der Waals surface area contributed by atoms with Crippen LogP contribution in [-0.2, 0) is 4.79 Å². The van der Waals surface area contributed by atoms with Crippen LogP contribution in [0.5, 0.6) is 0 Å². The van der Waals surface area contributed by atoms with Crippen molar-refractivity contribution in [2.24, 2.45) is 0 Å². The average Bonchev–Trinajstić information content (AvgIpc) is 3.11. The molecule has 1 aliphatic rings. The van der Waals surface area contributed by atoms with Gasteiger partial charge in [0.2, 0.25) is 0 Å². The minimum Gasteiger partial charge on any atom is -0.480 e. The maximum Gasteiger partial charge on any atom is 1.00 e. The van der Waals surface area contributed by atoms with E-state index in [1.165, 1.54) is 83.5 Å². The van der Waals surface area contributed by atoms with E-state index in [1.54, 1.807) is 0 Å². The largest absolute Gasteiger partial charge is 1.00 e. The van der Waals surface area contributed by atoms with Crippen LogP contribution in [0.15, 0.2) is 0 Å². The predicted octanol–water partition coefficient (Wildman–Crippen LogP) is 3.13. The molecule has 1 rings (SSSR count). The van der Waals surface area contributed by atoms with Crippen LogP contribution in [0.1, 0.15) is 110 Å². The number of nitrogens with one attached hydrogen (secondary N) is 1. The van der Waals surface area contributed by atoms with E-state index in [0.717, 1.165) is 25.8 Å². The van der Waals surface area contributed by atoms with Gasteiger partial charge in [-0.05, 0) is 19.4 Å². The molecule has 0 aromatic rings. The fraction of sp³-hybridized carbons (Fsp3) is 0.905. The summed E-state index contributed by atoms with van der Waals surface area (Å²) in [5.41, 5.74) is 0. The molecule has 0 saturated carbocycles. The zero-order valence-electron chi connectivity index (χ0n) is 17.2. The van der Waals surface area contributed by atoms with Crippen molar-refractivity contribution in [2.75, 3.05) is 6.54 Å². The minimum atomic E-state index is -0.720. The molecule has 1 saturated heterocycles. The van der Waals surface area contributed by atoms with Crippen LogP contribution >= 0.6 is 0 Å². The summed E-state index contributed by atoms with van der Waals surface area (Å²) in [6.45, 7) is 7.02. The number of hydrogen-bond donors (Lipinski definition) is 2. The number of rotatable bonds is 14. The van der Waals surface area contributed by atoms with Crippen LogP contribution in [0, 0.1) is 6.92 Å². The van der Waals surface area contributed by atoms with Crippen LogP contribution in [0.2, 0.25) is 0 Å². The SMILES string of the molecule is O=C(O)[C@@H]1CCCN1.[CH2-]CCCCCCCCCCCCCCC.[Na+]. The van der Waals surface area contributed by atoms with E-state index in [1.807, 2.05) is 0 Å². The van der Waals surface area contributed by atoms with Crippen molar-refractivity contribution in [1.82, 2.24) is 5.32 Å². The monoisotopic (exact) mass is 363 g/mol. The number of carboxylic acids is 1. The summed E-state index contributed by atoms with van der Waals surface area (Å²) >= 11 is 0. The third-order valence-corrected chi connectivity index (χ3v) is 4.71. The maximum atomic E-state index is 10.1. The molecule has 0 spiro atoms. The van der Waals surface area contributed by atoms with Crippen LogP contribution in [0.25, 0.3) is 0 Å². The first-order valence-electron chi connectivity index (χ1n) is 10.5. The van der Waals surface area contributed by atoms with Crippen molar-refractivity contribution >= 4 is 5.97 Å². The van der Waals surface area contributed by atoms with E-state index >= 15 is 0 Å². The Morgan fingerprint density at radius 1 is 0.920 bits per heavy atom. The van der Waals surface area contributed by atoms with E-state index in [0.29, 0.717) is 0 Å². The van der Waals surface area contributed by atoms with E-state index in [-0.39, 0.29) is 35.6 Å². The average molecular weight is 364 g/mol. The van der Waals surface area contributed by atoms with Crippen LogP contribution in [0.4, 0.5) is 0 Å². The van der Waals surface area contributed by atoms with Gasteiger partial charge in [-0.3, -0.25) is 4.79 Å². The zero-order valence-corrected chi connectivity index (χ0v) is 19.2. The number of unbranched alkanes of at least 4 members (excludes halogenated alkanes) is 13. The molecule has 1 fully saturated rings. The smallest absolute Gasteiger partial charge is 0.480 e. The first-order chi connectivity index (χ1) is 11.7. The van der Waals surface area contributed by atoms with Crippen molar-refractivity contribution in [3.8, 4) is 0 Å². The van der Waals surface area contributed by atoms with Gasteiger partial charge in [0.1, 0.15) is 6.04 Å². The molecule has 0 aromatic carbocycles. The van der Waals surface area contributed by atoms with Gasteiger partial charge in [-0.1, -0.05) is 90.4 Å². The summed E-state index contributed by atoms with van der Waals surface area (Å²) < 4.78 is 0. The normalized spacial score (nSPS) is 16.0. The van der Waals surface area contributed by atoms with Crippen molar-refractivity contribution < 1.29 is 39.5 Å². The summed E-state index contributed by atoms with van der Waals surface area (Å²) in [7, 11) is 0. The number of aliphatic carboxylic acids is 1. The van der Waals surface area contributed by atoms with Crippen molar-refractivity contribution in [3.05, 3.63) is 6.92 Å². The quantitative estimate of drug-likeness (QED) is 0.283. The summed E-state index contributed by atoms with van der Waals surface area (Å²) in [5, 5.41) is 11.2. The predicted molar refractivity (Wildman–Crippen MR) is 104 cm³/mol. The Labute approximate surface area is 179 Å². The Morgan fingerprint density at radius 2 is 1.36 bits per heavy atom. The standard InChI is InChI=1S/C16H33.C5H9NO2.Na/c1-3-5-7-9-11-13-15-16-14-12-10-8-6-4-2;7-5(8)4-2-1-3-6-4;/h1,3-16H2,2H3;4,6H,1-3H2,(H,7,8);/q-1;;+1/t;4-;/m.0./s1. The Bertz CT molecular complexity index is 255. The molecule has 0 unspecified atom stereocenters. The Hall–Kier alpha value is 0.430. The molecular weight excluding hydrogens is 321 g/mol. The van der Waals surface area contributed by atoms with Crippen LogP contribution < -0.4 is 34.9 Å². The molecule has 1 atom stereocenters. The third-order valence-electron chi connectivity index (χ3n) is 4.71. The minimum absolute atomic E-state index is 0. The maximum absolute atomic E-state index is 10.1. The summed E-state index contributed by atoms with van der Waals surface area (Å²) in [4.78, 5) is 10.1. The van der Waals surface area contributed by atoms with Gasteiger partial charge in [0.25, 0.3) is 0 Å². The molecular formula is C21H42NNaO2. The van der Waals surface area contributed by atoms with Crippen molar-refractivity contribution in [1.29, 1.82) is 0 Å². The second-order valence-electron chi connectivity index (χ2n) is 7.08. The topological polar surface area (TPSA) is 49.3 Å². The van der Waals surface area contributed by atoms with Crippen LogP contribution in [0.3, 0.4) is 0 Å². The fourth-order valence-electron chi connectivity index (χ4n) is 3.09. The first-order valence-corrected chi connectivity index (χ1v) is 10.5. The Morgan fingerprint density at radius 3 is 1.64 bits per heavy atom. The van der Waals surface area contributed by atoms with Crippen LogP contribution in [-0.4, -0.2) is 23.7 Å². The van der Waals surface area contributed by atoms with Gasteiger partial charge in [-0.2, -0.15) is 6.42 Å². The summed E-state index contributed by atoms with van der Waals surface area (Å²) in [6, 6.07) is -0.269. The first kappa shape index (κ1) is 27.6. The molecule has 0 bridgehead atoms. The van der Waals surface area contributed by atoms with Gasteiger partial charge in [-0.15, -0.1) is 0 Å². The van der Waals surface area contributed by atoms with Gasteiger partial charge in [0, 0.05) is 0 Å². The Balaban J connectivity index is 0. The molecule has 0 aromatic heterocycles. The number of carbonyl (C=O) groups is 1. The van der Waals surface area contributed by atoms with E-state index in [9.17, 15) is 4.79 Å². The molecule has 2 N–H and O–H groups in total. The van der Waals surface area contributed by atoms with E-state index in [4.69, 9.17) is 5.11 Å². The second-order valence-corrected chi connectivity index (χ2v) is 7.08. The summed E-state index contributed by atoms with van der Waals surface area (Å²) in [5.74, 6) is -0.720. The van der Waals surface area contributed by atoms with Gasteiger partial charge < -0.3 is 17.3 Å².